The van der Waals surface area contributed by atoms with E-state index in [4.69, 9.17) is 5.73 Å². The van der Waals surface area contributed by atoms with Crippen LogP contribution in [0.3, 0.4) is 0 Å². The molecule has 1 fully saturated rings. The van der Waals surface area contributed by atoms with Gasteiger partial charge < -0.3 is 16.0 Å². The minimum Gasteiger partial charge on any atom is -0.356 e. The fourth-order valence-corrected chi connectivity index (χ4v) is 2.51. The van der Waals surface area contributed by atoms with Crippen LogP contribution in [0.15, 0.2) is 18.5 Å². The Labute approximate surface area is 131 Å². The summed E-state index contributed by atoms with van der Waals surface area (Å²) in [6.07, 6.45) is 5.84. The zero-order valence-electron chi connectivity index (χ0n) is 13.1. The summed E-state index contributed by atoms with van der Waals surface area (Å²) >= 11 is 0. The van der Waals surface area contributed by atoms with E-state index in [1.165, 1.54) is 0 Å². The number of nitrogens with zero attached hydrogens (tertiary/aromatic N) is 4. The SMILES string of the molecule is NCCCC(=O)NCCCN1CCN(c2ncccn2)CC1. The van der Waals surface area contributed by atoms with Crippen LogP contribution in [0.5, 0.6) is 0 Å². The molecule has 1 aliphatic heterocycles. The molecule has 2 heterocycles. The van der Waals surface area contributed by atoms with Crippen LogP contribution in [0, 0.1) is 0 Å². The van der Waals surface area contributed by atoms with Crippen LogP contribution in [0.25, 0.3) is 0 Å². The summed E-state index contributed by atoms with van der Waals surface area (Å²) in [5.41, 5.74) is 5.38. The number of hydrogen-bond donors (Lipinski definition) is 2. The number of rotatable bonds is 8. The van der Waals surface area contributed by atoms with Gasteiger partial charge in [0, 0.05) is 51.5 Å². The van der Waals surface area contributed by atoms with Gasteiger partial charge in [-0.15, -0.1) is 0 Å². The molecule has 1 aromatic heterocycles. The third-order valence-corrected chi connectivity index (χ3v) is 3.79. The van der Waals surface area contributed by atoms with Crippen molar-refractivity contribution in [3.05, 3.63) is 18.5 Å². The average Bonchev–Trinajstić information content (AvgIpc) is 2.58. The van der Waals surface area contributed by atoms with Crippen molar-refractivity contribution in [2.45, 2.75) is 19.3 Å². The minimum atomic E-state index is 0.108. The van der Waals surface area contributed by atoms with Crippen LogP contribution in [-0.2, 0) is 4.79 Å². The Morgan fingerprint density at radius 1 is 1.18 bits per heavy atom. The lowest BCUT2D eigenvalue weighted by molar-refractivity contribution is -0.121. The van der Waals surface area contributed by atoms with Gasteiger partial charge in [-0.2, -0.15) is 0 Å². The number of carbonyl (C=O) groups excluding carboxylic acids is 1. The Morgan fingerprint density at radius 2 is 1.91 bits per heavy atom. The van der Waals surface area contributed by atoms with Gasteiger partial charge in [-0.3, -0.25) is 9.69 Å². The summed E-state index contributed by atoms with van der Waals surface area (Å²) < 4.78 is 0. The van der Waals surface area contributed by atoms with E-state index in [9.17, 15) is 4.79 Å². The van der Waals surface area contributed by atoms with Crippen molar-refractivity contribution >= 4 is 11.9 Å². The quantitative estimate of drug-likeness (QED) is 0.649. The standard InChI is InChI=1S/C15H26N6O/c16-5-1-4-14(22)17-8-3-9-20-10-12-21(13-11-20)15-18-6-2-7-19-15/h2,6-7H,1,3-5,8-13,16H2,(H,17,22). The molecule has 1 aromatic rings. The zero-order chi connectivity index (χ0) is 15.6. The Balaban J connectivity index is 1.57. The molecule has 0 aliphatic carbocycles. The van der Waals surface area contributed by atoms with Crippen LogP contribution in [0.1, 0.15) is 19.3 Å². The molecule has 0 atom stereocenters. The summed E-state index contributed by atoms with van der Waals surface area (Å²) in [4.78, 5) is 24.7. The van der Waals surface area contributed by atoms with E-state index in [0.717, 1.165) is 58.1 Å². The molecule has 3 N–H and O–H groups in total. The largest absolute Gasteiger partial charge is 0.356 e. The molecule has 0 aromatic carbocycles. The van der Waals surface area contributed by atoms with E-state index >= 15 is 0 Å². The van der Waals surface area contributed by atoms with E-state index < -0.39 is 0 Å². The maximum atomic E-state index is 11.5. The van der Waals surface area contributed by atoms with Crippen LogP contribution >= 0.6 is 0 Å². The average molecular weight is 306 g/mol. The van der Waals surface area contributed by atoms with E-state index in [1.807, 2.05) is 6.07 Å². The molecule has 1 amide bonds. The second kappa shape index (κ2) is 9.32. The van der Waals surface area contributed by atoms with Gasteiger partial charge in [-0.25, -0.2) is 9.97 Å². The van der Waals surface area contributed by atoms with E-state index in [2.05, 4.69) is 25.1 Å². The first kappa shape index (κ1) is 16.6. The third-order valence-electron chi connectivity index (χ3n) is 3.79. The van der Waals surface area contributed by atoms with Crippen molar-refractivity contribution in [2.75, 3.05) is 50.7 Å². The van der Waals surface area contributed by atoms with Crippen molar-refractivity contribution in [1.29, 1.82) is 0 Å². The third kappa shape index (κ3) is 5.57. The number of anilines is 1. The fourth-order valence-electron chi connectivity index (χ4n) is 2.51. The van der Waals surface area contributed by atoms with Gasteiger partial charge in [-0.1, -0.05) is 0 Å². The maximum absolute atomic E-state index is 11.5. The number of nitrogens with one attached hydrogen (secondary N) is 1. The summed E-state index contributed by atoms with van der Waals surface area (Å²) in [5.74, 6) is 0.922. The van der Waals surface area contributed by atoms with Crippen LogP contribution in [-0.4, -0.2) is 66.6 Å². The molecule has 22 heavy (non-hydrogen) atoms. The number of hydrogen-bond acceptors (Lipinski definition) is 6. The number of amides is 1. The molecule has 0 radical (unpaired) electrons. The first-order valence-corrected chi connectivity index (χ1v) is 8.00. The highest BCUT2D eigenvalue weighted by molar-refractivity contribution is 5.75. The molecular weight excluding hydrogens is 280 g/mol. The summed E-state index contributed by atoms with van der Waals surface area (Å²) in [5, 5.41) is 2.94. The number of aromatic nitrogens is 2. The van der Waals surface area contributed by atoms with Crippen LogP contribution in [0.4, 0.5) is 5.95 Å². The Kier molecular flexibility index (Phi) is 7.05. The van der Waals surface area contributed by atoms with Crippen molar-refractivity contribution in [3.63, 3.8) is 0 Å². The number of piperazine rings is 1. The Morgan fingerprint density at radius 3 is 2.59 bits per heavy atom. The fraction of sp³-hybridized carbons (Fsp3) is 0.667. The smallest absolute Gasteiger partial charge is 0.225 e. The highest BCUT2D eigenvalue weighted by Gasteiger charge is 2.18. The lowest BCUT2D eigenvalue weighted by Crippen LogP contribution is -2.47. The molecule has 7 heteroatoms. The molecule has 1 saturated heterocycles. The molecule has 2 rings (SSSR count). The molecule has 0 saturated carbocycles. The Hall–Kier alpha value is -1.73. The lowest BCUT2D eigenvalue weighted by atomic mass is 10.2. The monoisotopic (exact) mass is 306 g/mol. The molecule has 1 aliphatic rings. The van der Waals surface area contributed by atoms with Crippen LogP contribution < -0.4 is 16.0 Å². The van der Waals surface area contributed by atoms with Crippen molar-refractivity contribution < 1.29 is 4.79 Å². The predicted octanol–water partition coefficient (Wildman–Crippen LogP) is -0.156. The van der Waals surface area contributed by atoms with Crippen molar-refractivity contribution in [3.8, 4) is 0 Å². The maximum Gasteiger partial charge on any atom is 0.225 e. The summed E-state index contributed by atoms with van der Waals surface area (Å²) in [6.45, 7) is 6.26. The second-order valence-corrected chi connectivity index (χ2v) is 5.47. The molecule has 0 bridgehead atoms. The van der Waals surface area contributed by atoms with E-state index in [0.29, 0.717) is 13.0 Å². The predicted molar refractivity (Wildman–Crippen MR) is 86.6 cm³/mol. The molecule has 0 spiro atoms. The minimum absolute atomic E-state index is 0.108. The van der Waals surface area contributed by atoms with E-state index in [1.54, 1.807) is 12.4 Å². The zero-order valence-corrected chi connectivity index (χ0v) is 13.1. The van der Waals surface area contributed by atoms with E-state index in [-0.39, 0.29) is 5.91 Å². The molecule has 122 valence electrons. The molecule has 0 unspecified atom stereocenters. The summed E-state index contributed by atoms with van der Waals surface area (Å²) in [7, 11) is 0. The van der Waals surface area contributed by atoms with Crippen LogP contribution in [0.2, 0.25) is 0 Å². The van der Waals surface area contributed by atoms with Gasteiger partial charge in [0.2, 0.25) is 11.9 Å². The Bertz CT molecular complexity index is 433. The van der Waals surface area contributed by atoms with Gasteiger partial charge in [-0.05, 0) is 32.0 Å². The van der Waals surface area contributed by atoms with Crippen molar-refractivity contribution in [1.82, 2.24) is 20.2 Å². The second-order valence-electron chi connectivity index (χ2n) is 5.47. The lowest BCUT2D eigenvalue weighted by Gasteiger charge is -2.34. The topological polar surface area (TPSA) is 87.4 Å². The highest BCUT2D eigenvalue weighted by atomic mass is 16.1. The summed E-state index contributed by atoms with van der Waals surface area (Å²) in [6, 6.07) is 1.83. The van der Waals surface area contributed by atoms with Gasteiger partial charge in [0.15, 0.2) is 0 Å². The number of carbonyl (C=O) groups is 1. The van der Waals surface area contributed by atoms with Gasteiger partial charge >= 0.3 is 0 Å². The van der Waals surface area contributed by atoms with Crippen molar-refractivity contribution in [2.24, 2.45) is 5.73 Å². The van der Waals surface area contributed by atoms with Gasteiger partial charge in [0.1, 0.15) is 0 Å². The number of nitrogens with two attached hydrogens (primary N) is 1. The normalized spacial score (nSPS) is 15.8. The first-order valence-electron chi connectivity index (χ1n) is 8.00. The van der Waals surface area contributed by atoms with Gasteiger partial charge in [0.05, 0.1) is 0 Å². The first-order chi connectivity index (χ1) is 10.8. The highest BCUT2D eigenvalue weighted by Crippen LogP contribution is 2.09. The van der Waals surface area contributed by atoms with Gasteiger partial charge in [0.25, 0.3) is 0 Å². The molecule has 7 nitrogen and oxygen atoms in total. The molecular formula is C15H26N6O.